The van der Waals surface area contributed by atoms with Crippen molar-refractivity contribution in [3.63, 3.8) is 0 Å². The maximum absolute atomic E-state index is 12.6. The van der Waals surface area contributed by atoms with E-state index in [1.54, 1.807) is 0 Å². The van der Waals surface area contributed by atoms with Crippen LogP contribution in [-0.4, -0.2) is 29.2 Å². The van der Waals surface area contributed by atoms with Crippen LogP contribution >= 0.6 is 22.9 Å². The number of nitro groups is 2. The number of anilines is 1. The van der Waals surface area contributed by atoms with E-state index >= 15 is 0 Å². The first-order valence-corrected chi connectivity index (χ1v) is 10.5. The zero-order chi connectivity index (χ0) is 22.1. The number of hydrogen-bond acceptors (Lipinski definition) is 9. The molecule has 0 saturated carbocycles. The van der Waals surface area contributed by atoms with Gasteiger partial charge in [-0.3, -0.25) is 30.3 Å². The fraction of sp³-hybridized carbons (Fsp3) is 0. The summed E-state index contributed by atoms with van der Waals surface area (Å²) < 4.78 is 25.1. The van der Waals surface area contributed by atoms with E-state index in [4.69, 9.17) is 11.6 Å². The van der Waals surface area contributed by atoms with Crippen LogP contribution in [0.2, 0.25) is 5.02 Å². The number of nitro benzene ring substituents is 2. The van der Waals surface area contributed by atoms with E-state index in [2.05, 4.69) is 10.3 Å². The average molecular weight is 469 g/mol. The number of sulfone groups is 1. The molecule has 11 nitrogen and oxygen atoms in total. The molecule has 0 aliphatic carbocycles. The molecule has 14 heteroatoms. The minimum Gasteiger partial charge on any atom is -0.298 e. The van der Waals surface area contributed by atoms with Gasteiger partial charge in [-0.25, -0.2) is 13.4 Å². The molecule has 1 N–H and O–H groups in total. The van der Waals surface area contributed by atoms with E-state index in [-0.39, 0.29) is 36.2 Å². The number of nitrogens with one attached hydrogen (secondary N) is 1. The number of benzene rings is 2. The number of rotatable bonds is 6. The number of halogens is 1. The fourth-order valence-electron chi connectivity index (χ4n) is 2.27. The third-order valence-corrected chi connectivity index (χ3v) is 7.21. The van der Waals surface area contributed by atoms with E-state index in [1.165, 1.54) is 6.07 Å². The standard InChI is InChI=1S/C16H9ClN4O7S2/c17-13-6-3-10(21(25)26)7-12(13)15(22)19-16-18-8-14(29-16)30(27,28)11-4-1-9(2-5-11)20(23)24/h1-8H,(H,18,19,22). The van der Waals surface area contributed by atoms with Gasteiger partial charge in [-0.05, 0) is 18.2 Å². The van der Waals surface area contributed by atoms with Crippen molar-refractivity contribution in [3.05, 3.63) is 79.5 Å². The van der Waals surface area contributed by atoms with Crippen molar-refractivity contribution in [2.75, 3.05) is 5.32 Å². The maximum atomic E-state index is 12.6. The van der Waals surface area contributed by atoms with Crippen LogP contribution in [0.3, 0.4) is 0 Å². The summed E-state index contributed by atoms with van der Waals surface area (Å²) in [6.45, 7) is 0. The number of carbonyl (C=O) groups is 1. The predicted octanol–water partition coefficient (Wildman–Crippen LogP) is 3.70. The van der Waals surface area contributed by atoms with Crippen molar-refractivity contribution in [1.29, 1.82) is 0 Å². The third-order valence-electron chi connectivity index (χ3n) is 3.73. The Kier molecular flexibility index (Phi) is 5.78. The lowest BCUT2D eigenvalue weighted by molar-refractivity contribution is -0.385. The minimum atomic E-state index is -4.02. The lowest BCUT2D eigenvalue weighted by Crippen LogP contribution is -2.12. The second kappa shape index (κ2) is 8.14. The molecular formula is C16H9ClN4O7S2. The quantitative estimate of drug-likeness (QED) is 0.422. The molecule has 3 rings (SSSR count). The number of aromatic nitrogens is 1. The Morgan fingerprint density at radius 1 is 1.03 bits per heavy atom. The van der Waals surface area contributed by atoms with Crippen molar-refractivity contribution >= 4 is 55.2 Å². The Bertz CT molecular complexity index is 1270. The summed E-state index contributed by atoms with van der Waals surface area (Å²) in [5.41, 5.74) is -0.786. The number of nitrogens with zero attached hydrogens (tertiary/aromatic N) is 3. The van der Waals surface area contributed by atoms with Crippen LogP contribution in [-0.2, 0) is 9.84 Å². The molecule has 0 radical (unpaired) electrons. The van der Waals surface area contributed by atoms with Crippen LogP contribution in [0.1, 0.15) is 10.4 Å². The van der Waals surface area contributed by atoms with Gasteiger partial charge in [0.1, 0.15) is 4.21 Å². The molecule has 0 fully saturated rings. The van der Waals surface area contributed by atoms with Gasteiger partial charge >= 0.3 is 0 Å². The highest BCUT2D eigenvalue weighted by Gasteiger charge is 2.23. The highest BCUT2D eigenvalue weighted by molar-refractivity contribution is 7.93. The number of amides is 1. The zero-order valence-electron chi connectivity index (χ0n) is 14.5. The molecule has 3 aromatic rings. The molecule has 154 valence electrons. The van der Waals surface area contributed by atoms with Gasteiger partial charge in [-0.2, -0.15) is 0 Å². The van der Waals surface area contributed by atoms with Gasteiger partial charge in [0, 0.05) is 24.3 Å². The van der Waals surface area contributed by atoms with Crippen LogP contribution in [0.5, 0.6) is 0 Å². The molecule has 2 aromatic carbocycles. The smallest absolute Gasteiger partial charge is 0.270 e. The van der Waals surface area contributed by atoms with E-state index in [9.17, 15) is 33.4 Å². The highest BCUT2D eigenvalue weighted by atomic mass is 35.5. The number of hydrogen-bond donors (Lipinski definition) is 1. The van der Waals surface area contributed by atoms with Gasteiger partial charge < -0.3 is 0 Å². The lowest BCUT2D eigenvalue weighted by atomic mass is 10.2. The second-order valence-electron chi connectivity index (χ2n) is 5.61. The van der Waals surface area contributed by atoms with E-state index < -0.39 is 25.6 Å². The number of carbonyl (C=O) groups excluding carboxylic acids is 1. The van der Waals surface area contributed by atoms with Gasteiger partial charge in [0.15, 0.2) is 5.13 Å². The Labute approximate surface area is 177 Å². The van der Waals surface area contributed by atoms with Crippen molar-refractivity contribution in [1.82, 2.24) is 4.98 Å². The van der Waals surface area contributed by atoms with Crippen molar-refractivity contribution in [2.24, 2.45) is 0 Å². The van der Waals surface area contributed by atoms with Crippen LogP contribution in [0, 0.1) is 20.2 Å². The Morgan fingerprint density at radius 2 is 1.63 bits per heavy atom. The average Bonchev–Trinajstić information content (AvgIpc) is 3.17. The SMILES string of the molecule is O=C(Nc1ncc(S(=O)(=O)c2ccc([N+](=O)[O-])cc2)s1)c1cc([N+](=O)[O-])ccc1Cl. The molecule has 30 heavy (non-hydrogen) atoms. The highest BCUT2D eigenvalue weighted by Crippen LogP contribution is 2.30. The normalized spacial score (nSPS) is 11.1. The van der Waals surface area contributed by atoms with Gasteiger partial charge in [0.2, 0.25) is 9.84 Å². The molecule has 0 spiro atoms. The topological polar surface area (TPSA) is 162 Å². The monoisotopic (exact) mass is 468 g/mol. The summed E-state index contributed by atoms with van der Waals surface area (Å²) >= 11 is 6.55. The summed E-state index contributed by atoms with van der Waals surface area (Å²) in [5.74, 6) is -0.808. The Balaban J connectivity index is 1.84. The summed E-state index contributed by atoms with van der Waals surface area (Å²) in [4.78, 5) is 36.2. The molecule has 0 bridgehead atoms. The lowest BCUT2D eigenvalue weighted by Gasteiger charge is -2.04. The Hall–Kier alpha value is -3.42. The van der Waals surface area contributed by atoms with Crippen LogP contribution in [0.25, 0.3) is 0 Å². The van der Waals surface area contributed by atoms with Crippen LogP contribution < -0.4 is 5.32 Å². The predicted molar refractivity (Wildman–Crippen MR) is 107 cm³/mol. The van der Waals surface area contributed by atoms with Crippen molar-refractivity contribution in [3.8, 4) is 0 Å². The number of thiazole rings is 1. The Morgan fingerprint density at radius 3 is 2.23 bits per heavy atom. The van der Waals surface area contributed by atoms with Gasteiger partial charge in [-0.1, -0.05) is 22.9 Å². The molecule has 0 saturated heterocycles. The first-order chi connectivity index (χ1) is 14.1. The largest absolute Gasteiger partial charge is 0.298 e. The van der Waals surface area contributed by atoms with E-state index in [0.717, 1.165) is 42.6 Å². The first-order valence-electron chi connectivity index (χ1n) is 7.80. The van der Waals surface area contributed by atoms with E-state index in [1.807, 2.05) is 0 Å². The molecule has 1 aromatic heterocycles. The minimum absolute atomic E-state index is 0.0339. The van der Waals surface area contributed by atoms with Crippen LogP contribution in [0.15, 0.2) is 57.8 Å². The summed E-state index contributed by atoms with van der Waals surface area (Å²) in [5, 5.41) is 23.8. The molecule has 0 aliphatic heterocycles. The van der Waals surface area contributed by atoms with E-state index in [0.29, 0.717) is 11.3 Å². The fourth-order valence-corrected chi connectivity index (χ4v) is 4.90. The van der Waals surface area contributed by atoms with Crippen LogP contribution in [0.4, 0.5) is 16.5 Å². The molecule has 1 amide bonds. The van der Waals surface area contributed by atoms with Gasteiger partial charge in [0.05, 0.1) is 31.5 Å². The van der Waals surface area contributed by atoms with Gasteiger partial charge in [0.25, 0.3) is 17.3 Å². The second-order valence-corrected chi connectivity index (χ2v) is 9.23. The zero-order valence-corrected chi connectivity index (χ0v) is 16.9. The third kappa shape index (κ3) is 4.27. The van der Waals surface area contributed by atoms with Gasteiger partial charge in [-0.15, -0.1) is 0 Å². The summed E-state index contributed by atoms with van der Waals surface area (Å²) in [6, 6.07) is 7.61. The maximum Gasteiger partial charge on any atom is 0.270 e. The molecular weight excluding hydrogens is 460 g/mol. The first kappa shape index (κ1) is 21.3. The molecule has 0 unspecified atom stereocenters. The summed E-state index contributed by atoms with van der Waals surface area (Å²) in [7, 11) is -4.02. The molecule has 0 atom stereocenters. The van der Waals surface area contributed by atoms with Crippen molar-refractivity contribution in [2.45, 2.75) is 9.10 Å². The van der Waals surface area contributed by atoms with Crippen molar-refractivity contribution < 1.29 is 23.1 Å². The molecule has 1 heterocycles. The molecule has 0 aliphatic rings. The number of non-ortho nitro benzene ring substituents is 2. The summed E-state index contributed by atoms with van der Waals surface area (Å²) in [6.07, 6.45) is 1.02.